The Morgan fingerprint density at radius 2 is 2.25 bits per heavy atom. The normalized spacial score (nSPS) is 10.8. The van der Waals surface area contributed by atoms with Crippen molar-refractivity contribution in [3.8, 4) is 0 Å². The van der Waals surface area contributed by atoms with Gasteiger partial charge in [0.05, 0.1) is 11.6 Å². The summed E-state index contributed by atoms with van der Waals surface area (Å²) in [6, 6.07) is 0. The lowest BCUT2D eigenvalue weighted by Gasteiger charge is -2.06. The molecular formula is C10H16N6. The monoisotopic (exact) mass is 220 g/mol. The topological polar surface area (TPSA) is 92.5 Å². The van der Waals surface area contributed by atoms with Gasteiger partial charge in [-0.15, -0.1) is 0 Å². The van der Waals surface area contributed by atoms with Crippen LogP contribution >= 0.6 is 0 Å². The van der Waals surface area contributed by atoms with Crippen molar-refractivity contribution < 1.29 is 0 Å². The number of aromatic amines is 1. The van der Waals surface area contributed by atoms with Crippen LogP contribution in [-0.4, -0.2) is 26.7 Å². The number of nitrogen functional groups attached to an aromatic ring is 1. The van der Waals surface area contributed by atoms with Crippen molar-refractivity contribution in [1.82, 2.24) is 20.2 Å². The summed E-state index contributed by atoms with van der Waals surface area (Å²) in [5.74, 6) is 1.02. The molecule has 0 spiro atoms. The molecule has 86 valence electrons. The van der Waals surface area contributed by atoms with Gasteiger partial charge in [0.2, 0.25) is 5.95 Å². The average molecular weight is 220 g/mol. The van der Waals surface area contributed by atoms with E-state index in [1.807, 2.05) is 0 Å². The van der Waals surface area contributed by atoms with Gasteiger partial charge in [0.15, 0.2) is 5.65 Å². The standard InChI is InChI=1S/C10H16N6/c1-2-3-4-5-12-8-7-6-13-16-9(7)15-10(11)14-8/h6H,2-5H2,1H3,(H4,11,12,13,14,15,16). The Morgan fingerprint density at radius 3 is 3.06 bits per heavy atom. The first kappa shape index (κ1) is 10.7. The fraction of sp³-hybridized carbons (Fsp3) is 0.500. The molecule has 4 N–H and O–H groups in total. The maximum Gasteiger partial charge on any atom is 0.224 e. The van der Waals surface area contributed by atoms with Crippen LogP contribution in [0.2, 0.25) is 0 Å². The van der Waals surface area contributed by atoms with Gasteiger partial charge in [-0.1, -0.05) is 19.8 Å². The molecular weight excluding hydrogens is 204 g/mol. The van der Waals surface area contributed by atoms with Crippen LogP contribution in [0.25, 0.3) is 11.0 Å². The Morgan fingerprint density at radius 1 is 1.38 bits per heavy atom. The van der Waals surface area contributed by atoms with Gasteiger partial charge in [-0.2, -0.15) is 15.1 Å². The number of nitrogens with one attached hydrogen (secondary N) is 2. The number of nitrogens with two attached hydrogens (primary N) is 1. The van der Waals surface area contributed by atoms with E-state index in [2.05, 4.69) is 32.4 Å². The molecule has 0 fully saturated rings. The molecule has 0 aliphatic heterocycles. The molecule has 6 nitrogen and oxygen atoms in total. The Labute approximate surface area is 93.7 Å². The van der Waals surface area contributed by atoms with Crippen LogP contribution in [0.4, 0.5) is 11.8 Å². The summed E-state index contributed by atoms with van der Waals surface area (Å²) in [5, 5.41) is 10.8. The second-order valence-corrected chi connectivity index (χ2v) is 3.70. The van der Waals surface area contributed by atoms with E-state index in [4.69, 9.17) is 5.73 Å². The number of nitrogens with zero attached hydrogens (tertiary/aromatic N) is 3. The van der Waals surface area contributed by atoms with Crippen molar-refractivity contribution in [1.29, 1.82) is 0 Å². The summed E-state index contributed by atoms with van der Waals surface area (Å²) in [7, 11) is 0. The molecule has 6 heteroatoms. The Kier molecular flexibility index (Phi) is 3.19. The summed E-state index contributed by atoms with van der Waals surface area (Å²) >= 11 is 0. The molecule has 2 aromatic rings. The molecule has 2 rings (SSSR count). The first-order valence-corrected chi connectivity index (χ1v) is 5.51. The third-order valence-electron chi connectivity index (χ3n) is 2.40. The van der Waals surface area contributed by atoms with Crippen LogP contribution in [0.3, 0.4) is 0 Å². The fourth-order valence-electron chi connectivity index (χ4n) is 1.57. The highest BCUT2D eigenvalue weighted by Crippen LogP contribution is 2.18. The van der Waals surface area contributed by atoms with Crippen molar-refractivity contribution in [2.45, 2.75) is 26.2 Å². The minimum atomic E-state index is 0.259. The molecule has 2 heterocycles. The van der Waals surface area contributed by atoms with Gasteiger partial charge >= 0.3 is 0 Å². The lowest BCUT2D eigenvalue weighted by molar-refractivity contribution is 0.743. The highest BCUT2D eigenvalue weighted by atomic mass is 15.2. The molecule has 2 aromatic heterocycles. The molecule has 0 saturated heterocycles. The Balaban J connectivity index is 2.12. The maximum atomic E-state index is 5.60. The zero-order chi connectivity index (χ0) is 11.4. The van der Waals surface area contributed by atoms with Gasteiger partial charge in [0.1, 0.15) is 5.82 Å². The van der Waals surface area contributed by atoms with Gasteiger partial charge in [-0.05, 0) is 6.42 Å². The molecule has 0 aliphatic carbocycles. The Hall–Kier alpha value is -1.85. The highest BCUT2D eigenvalue weighted by Gasteiger charge is 2.06. The predicted octanol–water partition coefficient (Wildman–Crippen LogP) is 1.54. The van der Waals surface area contributed by atoms with Gasteiger partial charge < -0.3 is 11.1 Å². The summed E-state index contributed by atoms with van der Waals surface area (Å²) in [5.41, 5.74) is 6.28. The van der Waals surface area contributed by atoms with Crippen LogP contribution < -0.4 is 11.1 Å². The van der Waals surface area contributed by atoms with Crippen LogP contribution in [0.15, 0.2) is 6.20 Å². The van der Waals surface area contributed by atoms with Crippen LogP contribution in [0, 0.1) is 0 Å². The van der Waals surface area contributed by atoms with Crippen LogP contribution in [0.1, 0.15) is 26.2 Å². The summed E-state index contributed by atoms with van der Waals surface area (Å²) in [6.45, 7) is 3.07. The first-order chi connectivity index (χ1) is 7.81. The predicted molar refractivity (Wildman–Crippen MR) is 64.1 cm³/mol. The quantitative estimate of drug-likeness (QED) is 0.664. The van der Waals surface area contributed by atoms with Crippen molar-refractivity contribution in [3.05, 3.63) is 6.20 Å². The van der Waals surface area contributed by atoms with Gasteiger partial charge in [0.25, 0.3) is 0 Å². The second-order valence-electron chi connectivity index (χ2n) is 3.70. The smallest absolute Gasteiger partial charge is 0.224 e. The molecule has 0 atom stereocenters. The van der Waals surface area contributed by atoms with E-state index in [0.29, 0.717) is 5.65 Å². The molecule has 0 unspecified atom stereocenters. The third-order valence-corrected chi connectivity index (χ3v) is 2.40. The van der Waals surface area contributed by atoms with E-state index < -0.39 is 0 Å². The number of H-pyrrole nitrogens is 1. The fourth-order valence-corrected chi connectivity index (χ4v) is 1.57. The zero-order valence-corrected chi connectivity index (χ0v) is 9.32. The number of unbranched alkanes of at least 4 members (excludes halogenated alkanes) is 2. The number of hydrogen-bond acceptors (Lipinski definition) is 5. The number of fused-ring (bicyclic) bond motifs is 1. The van der Waals surface area contributed by atoms with E-state index in [-0.39, 0.29) is 5.95 Å². The zero-order valence-electron chi connectivity index (χ0n) is 9.32. The van der Waals surface area contributed by atoms with Gasteiger partial charge in [0, 0.05) is 6.54 Å². The average Bonchev–Trinajstić information content (AvgIpc) is 2.72. The van der Waals surface area contributed by atoms with E-state index in [9.17, 15) is 0 Å². The summed E-state index contributed by atoms with van der Waals surface area (Å²) in [6.07, 6.45) is 5.24. The first-order valence-electron chi connectivity index (χ1n) is 5.51. The second kappa shape index (κ2) is 4.78. The van der Waals surface area contributed by atoms with Crippen molar-refractivity contribution >= 4 is 22.8 Å². The largest absolute Gasteiger partial charge is 0.369 e. The molecule has 0 aliphatic rings. The molecule has 0 radical (unpaired) electrons. The number of anilines is 2. The molecule has 0 saturated carbocycles. The molecule has 0 bridgehead atoms. The molecule has 16 heavy (non-hydrogen) atoms. The van der Waals surface area contributed by atoms with E-state index in [1.54, 1.807) is 6.20 Å². The van der Waals surface area contributed by atoms with Crippen molar-refractivity contribution in [2.75, 3.05) is 17.6 Å². The number of aromatic nitrogens is 4. The third kappa shape index (κ3) is 2.21. The Bertz CT molecular complexity index is 463. The maximum absolute atomic E-state index is 5.60. The van der Waals surface area contributed by atoms with Crippen molar-refractivity contribution in [3.63, 3.8) is 0 Å². The summed E-state index contributed by atoms with van der Waals surface area (Å²) < 4.78 is 0. The van der Waals surface area contributed by atoms with E-state index in [0.717, 1.165) is 24.2 Å². The minimum absolute atomic E-state index is 0.259. The summed E-state index contributed by atoms with van der Waals surface area (Å²) in [4.78, 5) is 8.22. The number of rotatable bonds is 5. The SMILES string of the molecule is CCCCCNc1nc(N)nc2[nH]ncc12. The molecule has 0 amide bonds. The minimum Gasteiger partial charge on any atom is -0.369 e. The van der Waals surface area contributed by atoms with E-state index in [1.165, 1.54) is 12.8 Å². The van der Waals surface area contributed by atoms with Crippen LogP contribution in [0.5, 0.6) is 0 Å². The van der Waals surface area contributed by atoms with Crippen LogP contribution in [-0.2, 0) is 0 Å². The van der Waals surface area contributed by atoms with Crippen molar-refractivity contribution in [2.24, 2.45) is 0 Å². The highest BCUT2D eigenvalue weighted by molar-refractivity contribution is 5.86. The van der Waals surface area contributed by atoms with E-state index >= 15 is 0 Å². The molecule has 0 aromatic carbocycles. The lowest BCUT2D eigenvalue weighted by Crippen LogP contribution is -2.06. The lowest BCUT2D eigenvalue weighted by atomic mass is 10.2. The van der Waals surface area contributed by atoms with Gasteiger partial charge in [-0.3, -0.25) is 5.10 Å². The number of hydrogen-bond donors (Lipinski definition) is 3. The van der Waals surface area contributed by atoms with Gasteiger partial charge in [-0.25, -0.2) is 0 Å².